The van der Waals surface area contributed by atoms with E-state index in [0.717, 1.165) is 68.4 Å². The fraction of sp³-hybridized carbons (Fsp3) is 0.500. The molecule has 0 unspecified atom stereocenters. The smallest absolute Gasteiger partial charge is 0.313 e. The SMILES string of the molecule is CCCCCc1ccc(-c2cc(F)c(C(F)(F)OC3CCC(C4CCC(c5cc(F)c(F)c(F)c5)CC4)CC3)c(F)c2)cc1. The summed E-state index contributed by atoms with van der Waals surface area (Å²) < 4.78 is 106. The number of ether oxygens (including phenoxy) is 1. The van der Waals surface area contributed by atoms with Gasteiger partial charge in [0, 0.05) is 0 Å². The van der Waals surface area contributed by atoms with Crippen molar-refractivity contribution >= 4 is 0 Å². The van der Waals surface area contributed by atoms with Crippen LogP contribution in [0.3, 0.4) is 0 Å². The Balaban J connectivity index is 1.15. The van der Waals surface area contributed by atoms with Gasteiger partial charge >= 0.3 is 6.11 Å². The summed E-state index contributed by atoms with van der Waals surface area (Å²) in [5.74, 6) is -5.95. The van der Waals surface area contributed by atoms with E-state index in [0.29, 0.717) is 55.6 Å². The standard InChI is InChI=1S/C36H39F7O/c1-2-3-4-5-22-6-8-25(9-7-22)27-18-30(37)34(31(38)19-27)36(42,43)44-29-16-14-24(15-17-29)23-10-12-26(13-11-23)28-20-32(39)35(41)33(40)21-28/h6-9,18-21,23-24,26,29H,2-5,10-17H2,1H3. The molecule has 3 aromatic carbocycles. The van der Waals surface area contributed by atoms with Crippen LogP contribution in [-0.4, -0.2) is 6.10 Å². The van der Waals surface area contributed by atoms with Crippen LogP contribution >= 0.6 is 0 Å². The molecule has 0 atom stereocenters. The molecule has 5 rings (SSSR count). The van der Waals surface area contributed by atoms with Crippen LogP contribution in [0.5, 0.6) is 0 Å². The Morgan fingerprint density at radius 2 is 1.20 bits per heavy atom. The molecular weight excluding hydrogens is 581 g/mol. The Morgan fingerprint density at radius 1 is 0.659 bits per heavy atom. The van der Waals surface area contributed by atoms with Crippen molar-refractivity contribution in [2.45, 2.75) is 102 Å². The van der Waals surface area contributed by atoms with Crippen molar-refractivity contribution in [3.05, 3.63) is 94.3 Å². The van der Waals surface area contributed by atoms with E-state index in [-0.39, 0.29) is 17.4 Å². The first kappa shape index (κ1) is 32.5. The predicted molar refractivity (Wildman–Crippen MR) is 157 cm³/mol. The van der Waals surface area contributed by atoms with E-state index in [2.05, 4.69) is 6.92 Å². The molecule has 0 aromatic heterocycles. The topological polar surface area (TPSA) is 9.23 Å². The Labute approximate surface area is 254 Å². The number of hydrogen-bond acceptors (Lipinski definition) is 1. The lowest BCUT2D eigenvalue weighted by molar-refractivity contribution is -0.281. The number of alkyl halides is 2. The highest BCUT2D eigenvalue weighted by molar-refractivity contribution is 5.64. The van der Waals surface area contributed by atoms with Gasteiger partial charge < -0.3 is 4.74 Å². The summed E-state index contributed by atoms with van der Waals surface area (Å²) in [7, 11) is 0. The minimum absolute atomic E-state index is 0.0553. The highest BCUT2D eigenvalue weighted by atomic mass is 19.3. The van der Waals surface area contributed by atoms with Crippen LogP contribution in [-0.2, 0) is 17.3 Å². The summed E-state index contributed by atoms with van der Waals surface area (Å²) in [6.45, 7) is 2.12. The number of halogens is 7. The highest BCUT2D eigenvalue weighted by Crippen LogP contribution is 2.45. The molecular formula is C36H39F7O. The maximum Gasteiger partial charge on any atom is 0.389 e. The van der Waals surface area contributed by atoms with Gasteiger partial charge in [0.15, 0.2) is 17.5 Å². The van der Waals surface area contributed by atoms with Crippen LogP contribution < -0.4 is 0 Å². The first-order chi connectivity index (χ1) is 21.1. The van der Waals surface area contributed by atoms with E-state index in [1.165, 1.54) is 0 Å². The van der Waals surface area contributed by atoms with Crippen molar-refractivity contribution in [3.8, 4) is 11.1 Å². The van der Waals surface area contributed by atoms with Gasteiger partial charge in [-0.15, -0.1) is 0 Å². The largest absolute Gasteiger partial charge is 0.389 e. The third-order valence-electron chi connectivity index (χ3n) is 9.64. The van der Waals surface area contributed by atoms with Gasteiger partial charge in [0.25, 0.3) is 0 Å². The van der Waals surface area contributed by atoms with Crippen LogP contribution in [0.2, 0.25) is 0 Å². The monoisotopic (exact) mass is 620 g/mol. The summed E-state index contributed by atoms with van der Waals surface area (Å²) in [5, 5.41) is 0. The molecule has 0 N–H and O–H groups in total. The lowest BCUT2D eigenvalue weighted by atomic mass is 9.69. The van der Waals surface area contributed by atoms with Crippen LogP contribution in [0.25, 0.3) is 11.1 Å². The second kappa shape index (κ2) is 14.1. The minimum Gasteiger partial charge on any atom is -0.313 e. The normalized spacial score (nSPS) is 22.7. The average Bonchev–Trinajstić information content (AvgIpc) is 3.00. The van der Waals surface area contributed by atoms with Crippen LogP contribution in [0.15, 0.2) is 48.5 Å². The lowest BCUT2D eigenvalue weighted by Gasteiger charge is -2.38. The Hall–Kier alpha value is -2.87. The van der Waals surface area contributed by atoms with Crippen molar-refractivity contribution in [2.75, 3.05) is 0 Å². The van der Waals surface area contributed by atoms with Crippen LogP contribution in [0.1, 0.15) is 100 Å². The number of aryl methyl sites for hydroxylation is 1. The first-order valence-corrected chi connectivity index (χ1v) is 15.8. The number of unbranched alkanes of at least 4 members (excludes halogenated alkanes) is 2. The molecule has 0 saturated heterocycles. The lowest BCUT2D eigenvalue weighted by Crippen LogP contribution is -2.33. The van der Waals surface area contributed by atoms with Gasteiger partial charge in [0.05, 0.1) is 6.10 Å². The summed E-state index contributed by atoms with van der Waals surface area (Å²) in [6.07, 6.45) is 4.28. The molecule has 0 aliphatic heterocycles. The molecule has 2 aliphatic rings. The molecule has 2 fully saturated rings. The molecule has 0 bridgehead atoms. The van der Waals surface area contributed by atoms with Crippen molar-refractivity contribution in [1.82, 2.24) is 0 Å². The van der Waals surface area contributed by atoms with Crippen molar-refractivity contribution in [1.29, 1.82) is 0 Å². The summed E-state index contributed by atoms with van der Waals surface area (Å²) in [6, 6.07) is 11.3. The second-order valence-electron chi connectivity index (χ2n) is 12.6. The van der Waals surface area contributed by atoms with E-state index < -0.39 is 46.9 Å². The zero-order chi connectivity index (χ0) is 31.4. The van der Waals surface area contributed by atoms with Gasteiger partial charge in [0.1, 0.15) is 17.2 Å². The first-order valence-electron chi connectivity index (χ1n) is 15.8. The van der Waals surface area contributed by atoms with Gasteiger partial charge in [-0.3, -0.25) is 0 Å². The third kappa shape index (κ3) is 7.49. The molecule has 238 valence electrons. The van der Waals surface area contributed by atoms with E-state index in [9.17, 15) is 22.0 Å². The van der Waals surface area contributed by atoms with Gasteiger partial charge in [-0.25, -0.2) is 22.0 Å². The van der Waals surface area contributed by atoms with Crippen molar-refractivity contribution in [3.63, 3.8) is 0 Å². The molecule has 44 heavy (non-hydrogen) atoms. The molecule has 8 heteroatoms. The second-order valence-corrected chi connectivity index (χ2v) is 12.6. The van der Waals surface area contributed by atoms with Crippen molar-refractivity contribution < 1.29 is 35.5 Å². The molecule has 0 radical (unpaired) electrons. The Bertz CT molecular complexity index is 1360. The maximum absolute atomic E-state index is 15.2. The quantitative estimate of drug-likeness (QED) is 0.124. The molecule has 2 saturated carbocycles. The van der Waals surface area contributed by atoms with E-state index in [1.807, 2.05) is 12.1 Å². The van der Waals surface area contributed by atoms with Gasteiger partial charge in [0.2, 0.25) is 0 Å². The maximum atomic E-state index is 15.2. The van der Waals surface area contributed by atoms with Gasteiger partial charge in [-0.1, -0.05) is 44.0 Å². The Kier molecular flexibility index (Phi) is 10.4. The fourth-order valence-electron chi connectivity index (χ4n) is 7.14. The minimum atomic E-state index is -4.12. The number of rotatable bonds is 10. The van der Waals surface area contributed by atoms with E-state index >= 15 is 8.78 Å². The Morgan fingerprint density at radius 3 is 1.75 bits per heavy atom. The zero-order valence-electron chi connectivity index (χ0n) is 25.0. The molecule has 0 spiro atoms. The molecule has 2 aliphatic carbocycles. The van der Waals surface area contributed by atoms with Gasteiger partial charge in [-0.2, -0.15) is 8.78 Å². The van der Waals surface area contributed by atoms with Crippen molar-refractivity contribution in [2.24, 2.45) is 11.8 Å². The van der Waals surface area contributed by atoms with Crippen LogP contribution in [0, 0.1) is 40.9 Å². The average molecular weight is 621 g/mol. The van der Waals surface area contributed by atoms with Gasteiger partial charge in [-0.05, 0) is 128 Å². The van der Waals surface area contributed by atoms with Crippen LogP contribution in [0.4, 0.5) is 30.7 Å². The fourth-order valence-corrected chi connectivity index (χ4v) is 7.14. The van der Waals surface area contributed by atoms with E-state index in [1.54, 1.807) is 12.1 Å². The zero-order valence-corrected chi connectivity index (χ0v) is 25.0. The number of benzene rings is 3. The summed E-state index contributed by atoms with van der Waals surface area (Å²) in [4.78, 5) is 0. The third-order valence-corrected chi connectivity index (χ3v) is 9.64. The summed E-state index contributed by atoms with van der Waals surface area (Å²) >= 11 is 0. The number of hydrogen-bond donors (Lipinski definition) is 0. The van der Waals surface area contributed by atoms with E-state index in [4.69, 9.17) is 4.74 Å². The molecule has 0 amide bonds. The predicted octanol–water partition coefficient (Wildman–Crippen LogP) is 11.4. The molecule has 3 aromatic rings. The highest BCUT2D eigenvalue weighted by Gasteiger charge is 2.43. The molecule has 0 heterocycles. The summed E-state index contributed by atoms with van der Waals surface area (Å²) in [5.41, 5.74) is 0.932. The molecule has 1 nitrogen and oxygen atoms in total.